The fourth-order valence-corrected chi connectivity index (χ4v) is 3.25. The molecule has 6 nitrogen and oxygen atoms in total. The van der Waals surface area contributed by atoms with Crippen LogP contribution in [0.15, 0.2) is 22.7 Å². The number of aromatic nitrogens is 3. The highest BCUT2D eigenvalue weighted by Crippen LogP contribution is 2.25. The summed E-state index contributed by atoms with van der Waals surface area (Å²) < 4.78 is 1.47. The molecular weight excluding hydrogens is 318 g/mol. The van der Waals surface area contributed by atoms with E-state index in [1.807, 2.05) is 45.2 Å². The Morgan fingerprint density at radius 3 is 2.77 bits per heavy atom. The van der Waals surface area contributed by atoms with E-state index in [-0.39, 0.29) is 16.6 Å². The molecule has 1 amide bonds. The summed E-state index contributed by atoms with van der Waals surface area (Å²) in [6.07, 6.45) is 0. The van der Waals surface area contributed by atoms with Gasteiger partial charge in [-0.3, -0.25) is 4.79 Å². The number of nitrogens with zero attached hydrogens (tertiary/aromatic N) is 3. The molecule has 0 saturated carbocycles. The van der Waals surface area contributed by atoms with E-state index in [1.54, 1.807) is 11.3 Å². The van der Waals surface area contributed by atoms with Gasteiger partial charge in [0.05, 0.1) is 11.8 Å². The molecule has 0 aliphatic rings. The minimum Gasteiger partial charge on any atom is -0.350 e. The molecule has 0 radical (unpaired) electrons. The second-order valence-corrected chi connectivity index (χ2v) is 8.32. The first-order chi connectivity index (χ1) is 10.3. The molecule has 0 saturated heterocycles. The summed E-state index contributed by atoms with van der Waals surface area (Å²) in [5.41, 5.74) is -0.189. The summed E-state index contributed by atoms with van der Waals surface area (Å²) in [5, 5.41) is 13.4. The molecule has 2 aromatic heterocycles. The predicted molar refractivity (Wildman–Crippen MR) is 90.4 cm³/mol. The first-order valence-electron chi connectivity index (χ1n) is 6.96. The van der Waals surface area contributed by atoms with Gasteiger partial charge in [0.15, 0.2) is 5.82 Å². The number of hydrogen-bond acceptors (Lipinski definition) is 6. The van der Waals surface area contributed by atoms with Crippen LogP contribution in [0.2, 0.25) is 0 Å². The Morgan fingerprint density at radius 1 is 1.50 bits per heavy atom. The lowest BCUT2D eigenvalue weighted by atomic mass is 9.96. The summed E-state index contributed by atoms with van der Waals surface area (Å²) in [4.78, 5) is 13.3. The lowest BCUT2D eigenvalue weighted by molar-refractivity contribution is -0.120. The van der Waals surface area contributed by atoms with Crippen LogP contribution in [-0.4, -0.2) is 26.0 Å². The first kappa shape index (κ1) is 16.8. The number of amides is 1. The number of carbonyl (C=O) groups excluding carboxylic acids is 1. The summed E-state index contributed by atoms with van der Waals surface area (Å²) in [6.45, 7) is 8.44. The van der Waals surface area contributed by atoms with Crippen LogP contribution in [0.25, 0.3) is 0 Å². The Labute approximate surface area is 138 Å². The Balaban J connectivity index is 1.95. The number of thioether (sulfide) groups is 1. The molecule has 3 N–H and O–H groups in total. The van der Waals surface area contributed by atoms with Crippen LogP contribution >= 0.6 is 23.1 Å². The molecule has 8 heteroatoms. The van der Waals surface area contributed by atoms with E-state index in [0.717, 1.165) is 4.88 Å². The van der Waals surface area contributed by atoms with Crippen LogP contribution in [0, 0.1) is 0 Å². The van der Waals surface area contributed by atoms with Crippen LogP contribution in [0.4, 0.5) is 0 Å². The van der Waals surface area contributed by atoms with Crippen molar-refractivity contribution >= 4 is 29.0 Å². The molecule has 2 rings (SSSR count). The van der Waals surface area contributed by atoms with Crippen molar-refractivity contribution < 1.29 is 4.79 Å². The van der Waals surface area contributed by atoms with Crippen molar-refractivity contribution in [3.63, 3.8) is 0 Å². The number of nitrogen functional groups attached to an aromatic ring is 1. The molecule has 0 aliphatic heterocycles. The van der Waals surface area contributed by atoms with Gasteiger partial charge in [0.1, 0.15) is 0 Å². The van der Waals surface area contributed by atoms with Gasteiger partial charge < -0.3 is 11.2 Å². The standard InChI is InChI=1S/C14H21N5OS2/c1-9(11(20)16-8-10-6-5-7-21-10)22-13-18-17-12(19(13)15)14(2,3)4/h5-7,9H,8,15H2,1-4H3,(H,16,20). The van der Waals surface area contributed by atoms with Crippen molar-refractivity contribution in [2.45, 2.75) is 50.1 Å². The highest BCUT2D eigenvalue weighted by atomic mass is 32.2. The molecular formula is C14H21N5OS2. The molecule has 2 aromatic rings. The largest absolute Gasteiger partial charge is 0.350 e. The molecule has 0 spiro atoms. The third-order valence-corrected chi connectivity index (χ3v) is 4.94. The quantitative estimate of drug-likeness (QED) is 0.644. The Hall–Kier alpha value is -1.54. The fraction of sp³-hybridized carbons (Fsp3) is 0.500. The minimum atomic E-state index is -0.292. The average molecular weight is 339 g/mol. The van der Waals surface area contributed by atoms with Crippen LogP contribution in [0.3, 0.4) is 0 Å². The predicted octanol–water partition coefficient (Wildman–Crippen LogP) is 2.15. The van der Waals surface area contributed by atoms with Crippen molar-refractivity contribution in [3.8, 4) is 0 Å². The molecule has 120 valence electrons. The minimum absolute atomic E-state index is 0.0429. The highest BCUT2D eigenvalue weighted by Gasteiger charge is 2.25. The third kappa shape index (κ3) is 4.01. The van der Waals surface area contributed by atoms with Gasteiger partial charge in [-0.1, -0.05) is 38.6 Å². The van der Waals surface area contributed by atoms with E-state index >= 15 is 0 Å². The first-order valence-corrected chi connectivity index (χ1v) is 8.72. The maximum absolute atomic E-state index is 12.1. The van der Waals surface area contributed by atoms with Crippen molar-refractivity contribution in [1.29, 1.82) is 0 Å². The fourth-order valence-electron chi connectivity index (χ4n) is 1.81. The van der Waals surface area contributed by atoms with Gasteiger partial charge in [0.25, 0.3) is 0 Å². The van der Waals surface area contributed by atoms with Crippen molar-refractivity contribution in [3.05, 3.63) is 28.2 Å². The molecule has 0 fully saturated rings. The molecule has 1 atom stereocenters. The van der Waals surface area contributed by atoms with Gasteiger partial charge in [-0.2, -0.15) is 0 Å². The van der Waals surface area contributed by atoms with Crippen LogP contribution in [0.5, 0.6) is 0 Å². The maximum Gasteiger partial charge on any atom is 0.233 e. The maximum atomic E-state index is 12.1. The number of rotatable bonds is 5. The average Bonchev–Trinajstić information content (AvgIpc) is 3.06. The van der Waals surface area contributed by atoms with Gasteiger partial charge in [0.2, 0.25) is 11.1 Å². The van der Waals surface area contributed by atoms with Crippen molar-refractivity contribution in [2.75, 3.05) is 5.84 Å². The summed E-state index contributed by atoms with van der Waals surface area (Å²) >= 11 is 2.93. The van der Waals surface area contributed by atoms with Gasteiger partial charge in [0, 0.05) is 10.3 Å². The molecule has 0 aromatic carbocycles. The van der Waals surface area contributed by atoms with Gasteiger partial charge in [-0.05, 0) is 18.4 Å². The smallest absolute Gasteiger partial charge is 0.233 e. The zero-order chi connectivity index (χ0) is 16.3. The monoisotopic (exact) mass is 339 g/mol. The second-order valence-electron chi connectivity index (χ2n) is 5.98. The van der Waals surface area contributed by atoms with Gasteiger partial charge >= 0.3 is 0 Å². The van der Waals surface area contributed by atoms with Gasteiger partial charge in [-0.25, -0.2) is 4.68 Å². The van der Waals surface area contributed by atoms with E-state index in [2.05, 4.69) is 15.5 Å². The lowest BCUT2D eigenvalue weighted by Gasteiger charge is -2.17. The molecule has 1 unspecified atom stereocenters. The third-order valence-electron chi connectivity index (χ3n) is 3.00. The second kappa shape index (κ2) is 6.70. The normalized spacial score (nSPS) is 13.1. The Morgan fingerprint density at radius 2 is 2.23 bits per heavy atom. The molecule has 22 heavy (non-hydrogen) atoms. The Bertz CT molecular complexity index is 630. The van der Waals surface area contributed by atoms with Gasteiger partial charge in [-0.15, -0.1) is 21.5 Å². The molecule has 0 aliphatic carbocycles. The van der Waals surface area contributed by atoms with E-state index in [1.165, 1.54) is 16.4 Å². The topological polar surface area (TPSA) is 85.8 Å². The van der Waals surface area contributed by atoms with E-state index in [0.29, 0.717) is 17.5 Å². The summed E-state index contributed by atoms with van der Waals surface area (Å²) in [5.74, 6) is 6.68. The number of nitrogens with one attached hydrogen (secondary N) is 1. The SMILES string of the molecule is CC(Sc1nnc(C(C)(C)C)n1N)C(=O)NCc1cccs1. The van der Waals surface area contributed by atoms with Crippen LogP contribution < -0.4 is 11.2 Å². The van der Waals surface area contributed by atoms with E-state index in [9.17, 15) is 4.79 Å². The molecule has 2 heterocycles. The van der Waals surface area contributed by atoms with Crippen molar-refractivity contribution in [2.24, 2.45) is 0 Å². The number of carbonyl (C=O) groups is 1. The van der Waals surface area contributed by atoms with Crippen LogP contribution in [0.1, 0.15) is 38.4 Å². The van der Waals surface area contributed by atoms with Crippen molar-refractivity contribution in [1.82, 2.24) is 20.2 Å². The molecule has 0 bridgehead atoms. The number of hydrogen-bond donors (Lipinski definition) is 2. The highest BCUT2D eigenvalue weighted by molar-refractivity contribution is 8.00. The lowest BCUT2D eigenvalue weighted by Crippen LogP contribution is -2.31. The van der Waals surface area contributed by atoms with E-state index in [4.69, 9.17) is 5.84 Å². The van der Waals surface area contributed by atoms with Crippen LogP contribution in [-0.2, 0) is 16.8 Å². The zero-order valence-electron chi connectivity index (χ0n) is 13.2. The summed E-state index contributed by atoms with van der Waals surface area (Å²) in [7, 11) is 0. The summed E-state index contributed by atoms with van der Waals surface area (Å²) in [6, 6.07) is 3.96. The number of thiophene rings is 1. The van der Waals surface area contributed by atoms with E-state index < -0.39 is 0 Å². The Kier molecular flexibility index (Phi) is 5.12. The number of nitrogens with two attached hydrogens (primary N) is 1. The zero-order valence-corrected chi connectivity index (χ0v) is 14.8.